The van der Waals surface area contributed by atoms with Gasteiger partial charge in [0.05, 0.1) is 10.7 Å². The predicted octanol–water partition coefficient (Wildman–Crippen LogP) is 2.45. The first-order valence-electron chi connectivity index (χ1n) is 5.00. The van der Waals surface area contributed by atoms with Crippen molar-refractivity contribution in [2.75, 3.05) is 7.05 Å². The van der Waals surface area contributed by atoms with Crippen molar-refractivity contribution in [3.05, 3.63) is 52.0 Å². The van der Waals surface area contributed by atoms with Crippen LogP contribution in [0.1, 0.15) is 16.3 Å². The third kappa shape index (κ3) is 2.88. The Morgan fingerprint density at radius 2 is 2.07 bits per heavy atom. The van der Waals surface area contributed by atoms with Gasteiger partial charge < -0.3 is 5.32 Å². The van der Waals surface area contributed by atoms with Crippen LogP contribution in [0.4, 0.5) is 0 Å². The van der Waals surface area contributed by atoms with Crippen LogP contribution in [0.15, 0.2) is 35.7 Å². The number of hydrogen-bond donors (Lipinski definition) is 1. The molecule has 0 aliphatic carbocycles. The molecule has 1 heterocycles. The second-order valence-corrected chi connectivity index (χ2v) is 4.37. The molecule has 0 unspecified atom stereocenters. The molecule has 0 aliphatic heterocycles. The molecular formula is C12H14N2S. The van der Waals surface area contributed by atoms with E-state index in [1.165, 1.54) is 10.6 Å². The van der Waals surface area contributed by atoms with Crippen LogP contribution < -0.4 is 5.32 Å². The second kappa shape index (κ2) is 5.05. The molecule has 0 aliphatic rings. The maximum absolute atomic E-state index is 4.55. The zero-order chi connectivity index (χ0) is 10.5. The summed E-state index contributed by atoms with van der Waals surface area (Å²) in [5, 5.41) is 6.41. The lowest BCUT2D eigenvalue weighted by Gasteiger charge is -1.96. The smallest absolute Gasteiger partial charge is 0.0972 e. The summed E-state index contributed by atoms with van der Waals surface area (Å²) in [4.78, 5) is 4.55. The minimum Gasteiger partial charge on any atom is -0.314 e. The molecule has 15 heavy (non-hydrogen) atoms. The third-order valence-electron chi connectivity index (χ3n) is 2.16. The van der Waals surface area contributed by atoms with Gasteiger partial charge in [-0.25, -0.2) is 4.98 Å². The van der Waals surface area contributed by atoms with E-state index < -0.39 is 0 Å². The van der Waals surface area contributed by atoms with E-state index in [1.54, 1.807) is 11.3 Å². The molecule has 0 radical (unpaired) electrons. The summed E-state index contributed by atoms with van der Waals surface area (Å²) in [7, 11) is 1.94. The number of rotatable bonds is 4. The first kappa shape index (κ1) is 10.3. The van der Waals surface area contributed by atoms with Crippen LogP contribution in [0.2, 0.25) is 0 Å². The van der Waals surface area contributed by atoms with Gasteiger partial charge in [-0.05, 0) is 12.6 Å². The summed E-state index contributed by atoms with van der Waals surface area (Å²) in [6, 6.07) is 10.4. The molecular weight excluding hydrogens is 204 g/mol. The molecule has 78 valence electrons. The lowest BCUT2D eigenvalue weighted by Crippen LogP contribution is -2.05. The molecule has 1 N–H and O–H groups in total. The van der Waals surface area contributed by atoms with Crippen LogP contribution in [0.3, 0.4) is 0 Å². The Hall–Kier alpha value is -1.19. The van der Waals surface area contributed by atoms with Gasteiger partial charge in [-0.15, -0.1) is 11.3 Å². The van der Waals surface area contributed by atoms with Crippen LogP contribution >= 0.6 is 11.3 Å². The molecule has 2 rings (SSSR count). The molecule has 0 atom stereocenters. The SMILES string of the molecule is CNCc1csc(Cc2ccccc2)n1. The van der Waals surface area contributed by atoms with Gasteiger partial charge in [0, 0.05) is 18.3 Å². The van der Waals surface area contributed by atoms with E-state index in [0.717, 1.165) is 18.7 Å². The summed E-state index contributed by atoms with van der Waals surface area (Å²) < 4.78 is 0. The van der Waals surface area contributed by atoms with Crippen molar-refractivity contribution in [3.63, 3.8) is 0 Å². The van der Waals surface area contributed by atoms with Crippen molar-refractivity contribution in [1.29, 1.82) is 0 Å². The number of hydrogen-bond acceptors (Lipinski definition) is 3. The first-order chi connectivity index (χ1) is 7.38. The number of nitrogens with one attached hydrogen (secondary N) is 1. The number of benzene rings is 1. The second-order valence-electron chi connectivity index (χ2n) is 3.43. The van der Waals surface area contributed by atoms with Crippen molar-refractivity contribution in [2.45, 2.75) is 13.0 Å². The van der Waals surface area contributed by atoms with E-state index in [-0.39, 0.29) is 0 Å². The fraction of sp³-hybridized carbons (Fsp3) is 0.250. The average molecular weight is 218 g/mol. The van der Waals surface area contributed by atoms with Crippen LogP contribution in [-0.4, -0.2) is 12.0 Å². The maximum Gasteiger partial charge on any atom is 0.0972 e. The number of nitrogens with zero attached hydrogens (tertiary/aromatic N) is 1. The monoisotopic (exact) mass is 218 g/mol. The Labute approximate surface area is 94.0 Å². The van der Waals surface area contributed by atoms with E-state index in [4.69, 9.17) is 0 Å². The normalized spacial score (nSPS) is 10.5. The zero-order valence-electron chi connectivity index (χ0n) is 8.73. The maximum atomic E-state index is 4.55. The summed E-state index contributed by atoms with van der Waals surface area (Å²) >= 11 is 1.73. The van der Waals surface area contributed by atoms with Crippen molar-refractivity contribution in [2.24, 2.45) is 0 Å². The van der Waals surface area contributed by atoms with Gasteiger partial charge in [0.1, 0.15) is 0 Å². The Balaban J connectivity index is 2.05. The summed E-state index contributed by atoms with van der Waals surface area (Å²) in [6.45, 7) is 0.852. The molecule has 0 amide bonds. The fourth-order valence-electron chi connectivity index (χ4n) is 1.46. The van der Waals surface area contributed by atoms with Gasteiger partial charge in [-0.3, -0.25) is 0 Å². The van der Waals surface area contributed by atoms with E-state index in [2.05, 4.69) is 39.9 Å². The van der Waals surface area contributed by atoms with Gasteiger partial charge in [0.2, 0.25) is 0 Å². The minimum atomic E-state index is 0.852. The van der Waals surface area contributed by atoms with E-state index in [9.17, 15) is 0 Å². The standard InChI is InChI=1S/C12H14N2S/c1-13-8-11-9-15-12(14-11)7-10-5-3-2-4-6-10/h2-6,9,13H,7-8H2,1H3. The molecule has 2 aromatic rings. The average Bonchev–Trinajstić information content (AvgIpc) is 2.68. The van der Waals surface area contributed by atoms with E-state index >= 15 is 0 Å². The van der Waals surface area contributed by atoms with E-state index in [0.29, 0.717) is 0 Å². The summed E-state index contributed by atoms with van der Waals surface area (Å²) in [5.41, 5.74) is 2.45. The molecule has 0 saturated carbocycles. The highest BCUT2D eigenvalue weighted by Crippen LogP contribution is 2.14. The number of thiazole rings is 1. The van der Waals surface area contributed by atoms with Crippen LogP contribution in [0.5, 0.6) is 0 Å². The molecule has 0 spiro atoms. The van der Waals surface area contributed by atoms with Crippen molar-refractivity contribution < 1.29 is 0 Å². The lowest BCUT2D eigenvalue weighted by molar-refractivity contribution is 0.793. The Kier molecular flexibility index (Phi) is 3.48. The van der Waals surface area contributed by atoms with E-state index in [1.807, 2.05) is 13.1 Å². The topological polar surface area (TPSA) is 24.9 Å². The van der Waals surface area contributed by atoms with Gasteiger partial charge in [-0.2, -0.15) is 0 Å². The molecule has 0 bridgehead atoms. The van der Waals surface area contributed by atoms with Crippen LogP contribution in [0.25, 0.3) is 0 Å². The van der Waals surface area contributed by atoms with Crippen molar-refractivity contribution in [1.82, 2.24) is 10.3 Å². The molecule has 2 nitrogen and oxygen atoms in total. The van der Waals surface area contributed by atoms with Crippen LogP contribution in [0, 0.1) is 0 Å². The molecule has 1 aromatic heterocycles. The summed E-state index contributed by atoms with van der Waals surface area (Å²) in [6.07, 6.45) is 0.940. The highest BCUT2D eigenvalue weighted by Gasteiger charge is 2.01. The highest BCUT2D eigenvalue weighted by atomic mass is 32.1. The zero-order valence-corrected chi connectivity index (χ0v) is 9.55. The van der Waals surface area contributed by atoms with Crippen LogP contribution in [-0.2, 0) is 13.0 Å². The Bertz CT molecular complexity index is 409. The fourth-order valence-corrected chi connectivity index (χ4v) is 2.29. The predicted molar refractivity (Wildman–Crippen MR) is 64.1 cm³/mol. The van der Waals surface area contributed by atoms with Gasteiger partial charge in [0.15, 0.2) is 0 Å². The molecule has 3 heteroatoms. The third-order valence-corrected chi connectivity index (χ3v) is 3.05. The lowest BCUT2D eigenvalue weighted by atomic mass is 10.2. The van der Waals surface area contributed by atoms with Crippen molar-refractivity contribution in [3.8, 4) is 0 Å². The first-order valence-corrected chi connectivity index (χ1v) is 5.88. The highest BCUT2D eigenvalue weighted by molar-refractivity contribution is 7.09. The van der Waals surface area contributed by atoms with Crippen molar-refractivity contribution >= 4 is 11.3 Å². The largest absolute Gasteiger partial charge is 0.314 e. The quantitative estimate of drug-likeness (QED) is 0.852. The molecule has 0 saturated heterocycles. The van der Waals surface area contributed by atoms with Gasteiger partial charge in [0.25, 0.3) is 0 Å². The van der Waals surface area contributed by atoms with Gasteiger partial charge in [-0.1, -0.05) is 30.3 Å². The summed E-state index contributed by atoms with van der Waals surface area (Å²) in [5.74, 6) is 0. The number of aromatic nitrogens is 1. The van der Waals surface area contributed by atoms with Gasteiger partial charge >= 0.3 is 0 Å². The Morgan fingerprint density at radius 3 is 2.80 bits per heavy atom. The molecule has 1 aromatic carbocycles. The minimum absolute atomic E-state index is 0.852. The molecule has 0 fully saturated rings. The Morgan fingerprint density at radius 1 is 1.27 bits per heavy atom.